The molecule has 22 heavy (non-hydrogen) atoms. The van der Waals surface area contributed by atoms with E-state index in [4.69, 9.17) is 15.0 Å². The lowest BCUT2D eigenvalue weighted by atomic mass is 10.1. The smallest absolute Gasteiger partial charge is 0.249 e. The predicted molar refractivity (Wildman–Crippen MR) is 90.7 cm³/mol. The van der Waals surface area contributed by atoms with Gasteiger partial charge in [-0.05, 0) is 12.8 Å². The maximum Gasteiger partial charge on any atom is 0.249 e. The summed E-state index contributed by atoms with van der Waals surface area (Å²) in [7, 11) is 4.17. The molecule has 0 aromatic carbocycles. The van der Waals surface area contributed by atoms with Crippen LogP contribution in [0.4, 0.5) is 4.79 Å². The molecule has 0 amide bonds. The van der Waals surface area contributed by atoms with E-state index in [0.717, 1.165) is 6.54 Å². The minimum Gasteiger partial charge on any atom is -0.565 e. The highest BCUT2D eigenvalue weighted by atomic mass is 16.6. The van der Waals surface area contributed by atoms with Gasteiger partial charge in [-0.2, -0.15) is 0 Å². The highest BCUT2D eigenvalue weighted by Crippen LogP contribution is 2.10. The molecule has 0 aliphatic rings. The zero-order valence-corrected chi connectivity index (χ0v) is 15.0. The second-order valence-corrected chi connectivity index (χ2v) is 5.85. The van der Waals surface area contributed by atoms with E-state index in [2.05, 4.69) is 37.8 Å². The molecule has 0 aliphatic heterocycles. The van der Waals surface area contributed by atoms with E-state index >= 15 is 0 Å². The van der Waals surface area contributed by atoms with E-state index in [1.165, 1.54) is 70.0 Å². The number of hydrogen-bond acceptors (Lipinski definition) is 2. The molecule has 0 heterocycles. The van der Waals surface area contributed by atoms with Crippen LogP contribution < -0.4 is 10.4 Å². The molecule has 0 unspecified atom stereocenters. The standard InChI is InChI=1S/C16H34N2.CH2O3/c1-5-6-7-8-9-10-11-12-13-14-15-17-16(2)18(3)4;2-1(3)4/h5-15H2,1-4H3;(H2,2,3,4). The summed E-state index contributed by atoms with van der Waals surface area (Å²) in [6.45, 7) is 5.54. The van der Waals surface area contributed by atoms with Crippen LogP contribution in [0.15, 0.2) is 0 Å². The first-order valence-electron chi connectivity index (χ1n) is 8.56. The highest BCUT2D eigenvalue weighted by Gasteiger charge is 1.98. The third kappa shape index (κ3) is 23.8. The third-order valence-corrected chi connectivity index (χ3v) is 3.58. The average molecular weight is 316 g/mol. The molecule has 0 saturated carbocycles. The van der Waals surface area contributed by atoms with Crippen LogP contribution in [0.25, 0.3) is 0 Å². The van der Waals surface area contributed by atoms with Crippen LogP contribution >= 0.6 is 0 Å². The Kier molecular flexibility index (Phi) is 18.6. The van der Waals surface area contributed by atoms with Gasteiger partial charge in [-0.15, -0.1) is 0 Å². The molecular formula is C17H36N2O3. The van der Waals surface area contributed by atoms with E-state index in [1.54, 1.807) is 0 Å². The van der Waals surface area contributed by atoms with Crippen LogP contribution in [0.1, 0.15) is 78.1 Å². The molecule has 0 fully saturated rings. The molecule has 0 aromatic heterocycles. The van der Waals surface area contributed by atoms with Gasteiger partial charge >= 0.3 is 0 Å². The number of nitrogens with one attached hydrogen (secondary N) is 1. The van der Waals surface area contributed by atoms with Crippen molar-refractivity contribution in [3.8, 4) is 0 Å². The summed E-state index contributed by atoms with van der Waals surface area (Å²) in [5.74, 6) is 1.27. The third-order valence-electron chi connectivity index (χ3n) is 3.58. The Bertz CT molecular complexity index is 284. The SMILES string of the molecule is CCCCCCCCCCCCNC(C)=[N+](C)C.O=C([O-])O. The zero-order chi connectivity index (χ0) is 17.2. The van der Waals surface area contributed by atoms with Gasteiger partial charge in [0, 0.05) is 6.92 Å². The van der Waals surface area contributed by atoms with Crippen molar-refractivity contribution in [2.75, 3.05) is 20.6 Å². The summed E-state index contributed by atoms with van der Waals surface area (Å²) in [5, 5.41) is 18.8. The normalized spacial score (nSPS) is 9.64. The molecular weight excluding hydrogens is 280 g/mol. The summed E-state index contributed by atoms with van der Waals surface area (Å²) in [6.07, 6.45) is 12.0. The fourth-order valence-corrected chi connectivity index (χ4v) is 2.04. The lowest BCUT2D eigenvalue weighted by molar-refractivity contribution is -0.467. The summed E-state index contributed by atoms with van der Waals surface area (Å²) in [4.78, 5) is 8.44. The maximum atomic E-state index is 8.44. The van der Waals surface area contributed by atoms with Crippen LogP contribution in [0.3, 0.4) is 0 Å². The molecule has 0 aliphatic carbocycles. The molecule has 0 aromatic rings. The minimum atomic E-state index is -2.08. The molecule has 0 atom stereocenters. The molecule has 0 rings (SSSR count). The van der Waals surface area contributed by atoms with Crippen LogP contribution in [-0.4, -0.2) is 42.3 Å². The Morgan fingerprint density at radius 2 is 1.32 bits per heavy atom. The molecule has 132 valence electrons. The van der Waals surface area contributed by atoms with Gasteiger partial charge in [0.05, 0.1) is 20.6 Å². The van der Waals surface area contributed by atoms with Crippen LogP contribution in [0.5, 0.6) is 0 Å². The first kappa shape index (κ1) is 23.0. The van der Waals surface area contributed by atoms with Gasteiger partial charge in [0.1, 0.15) is 0 Å². The second kappa shape index (κ2) is 17.8. The molecule has 5 nitrogen and oxygen atoms in total. The molecule has 0 spiro atoms. The monoisotopic (exact) mass is 316 g/mol. The maximum absolute atomic E-state index is 8.44. The number of nitrogens with zero attached hydrogens (tertiary/aromatic N) is 1. The van der Waals surface area contributed by atoms with E-state index in [-0.39, 0.29) is 0 Å². The molecule has 0 radical (unpaired) electrons. The van der Waals surface area contributed by atoms with Crippen molar-refractivity contribution in [2.24, 2.45) is 0 Å². The average Bonchev–Trinajstić information content (AvgIpc) is 2.43. The Hall–Kier alpha value is -1.26. The first-order valence-corrected chi connectivity index (χ1v) is 8.56. The summed E-state index contributed by atoms with van der Waals surface area (Å²) in [6, 6.07) is 0. The number of unbranched alkanes of at least 4 members (excludes halogenated alkanes) is 9. The quantitative estimate of drug-likeness (QED) is 0.266. The van der Waals surface area contributed by atoms with Gasteiger partial charge < -0.3 is 15.0 Å². The van der Waals surface area contributed by atoms with Crippen molar-refractivity contribution in [3.63, 3.8) is 0 Å². The van der Waals surface area contributed by atoms with E-state index in [0.29, 0.717) is 0 Å². The molecule has 0 bridgehead atoms. The number of amidine groups is 1. The van der Waals surface area contributed by atoms with Gasteiger partial charge in [0.15, 0.2) is 0 Å². The van der Waals surface area contributed by atoms with Crippen molar-refractivity contribution >= 4 is 12.0 Å². The highest BCUT2D eigenvalue weighted by molar-refractivity contribution is 5.74. The summed E-state index contributed by atoms with van der Waals surface area (Å²) >= 11 is 0. The topological polar surface area (TPSA) is 75.4 Å². The molecule has 2 N–H and O–H groups in total. The molecule has 0 saturated heterocycles. The Balaban J connectivity index is 0. The number of rotatable bonds is 11. The molecule has 5 heteroatoms. The Morgan fingerprint density at radius 3 is 1.68 bits per heavy atom. The van der Waals surface area contributed by atoms with Crippen molar-refractivity contribution in [2.45, 2.75) is 78.1 Å². The Morgan fingerprint density at radius 1 is 0.955 bits per heavy atom. The summed E-state index contributed by atoms with van der Waals surface area (Å²) < 4.78 is 2.14. The summed E-state index contributed by atoms with van der Waals surface area (Å²) in [5.41, 5.74) is 0. The first-order chi connectivity index (χ1) is 10.4. The van der Waals surface area contributed by atoms with E-state index in [1.807, 2.05) is 0 Å². The van der Waals surface area contributed by atoms with E-state index in [9.17, 15) is 0 Å². The van der Waals surface area contributed by atoms with Gasteiger partial charge in [0.2, 0.25) is 12.0 Å². The number of carbonyl (C=O) groups is 1. The fourth-order valence-electron chi connectivity index (χ4n) is 2.04. The lowest BCUT2D eigenvalue weighted by Crippen LogP contribution is -2.28. The van der Waals surface area contributed by atoms with Gasteiger partial charge in [-0.25, -0.2) is 0 Å². The van der Waals surface area contributed by atoms with Gasteiger partial charge in [0.25, 0.3) is 0 Å². The van der Waals surface area contributed by atoms with Crippen LogP contribution in [0, 0.1) is 0 Å². The lowest BCUT2D eigenvalue weighted by Gasteiger charge is -2.03. The minimum absolute atomic E-state index is 1.13. The van der Waals surface area contributed by atoms with Crippen LogP contribution in [-0.2, 0) is 0 Å². The number of hydrogen-bond donors (Lipinski definition) is 2. The van der Waals surface area contributed by atoms with Gasteiger partial charge in [-0.1, -0.05) is 58.3 Å². The number of carboxylic acid groups (broad SMARTS) is 2. The zero-order valence-electron chi connectivity index (χ0n) is 15.0. The Labute approximate surface area is 136 Å². The van der Waals surface area contributed by atoms with Gasteiger partial charge in [-0.3, -0.25) is 9.89 Å². The van der Waals surface area contributed by atoms with Crippen molar-refractivity contribution < 1.29 is 19.6 Å². The largest absolute Gasteiger partial charge is 0.565 e. The van der Waals surface area contributed by atoms with Crippen molar-refractivity contribution in [1.82, 2.24) is 5.32 Å². The van der Waals surface area contributed by atoms with E-state index < -0.39 is 6.16 Å². The second-order valence-electron chi connectivity index (χ2n) is 5.85. The van der Waals surface area contributed by atoms with Crippen molar-refractivity contribution in [3.05, 3.63) is 0 Å². The van der Waals surface area contributed by atoms with Crippen LogP contribution in [0.2, 0.25) is 0 Å². The van der Waals surface area contributed by atoms with Crippen molar-refractivity contribution in [1.29, 1.82) is 0 Å². The fraction of sp³-hybridized carbons (Fsp3) is 0.882. The predicted octanol–water partition coefficient (Wildman–Crippen LogP) is 3.08.